The minimum atomic E-state index is -4.62. The van der Waals surface area contributed by atoms with E-state index in [-0.39, 0.29) is 24.6 Å². The van der Waals surface area contributed by atoms with Crippen molar-refractivity contribution in [3.05, 3.63) is 58.6 Å². The van der Waals surface area contributed by atoms with Gasteiger partial charge in [0.2, 0.25) is 0 Å². The maximum Gasteiger partial charge on any atom is 0.418 e. The zero-order valence-electron chi connectivity index (χ0n) is 13.3. The molecule has 2 aromatic carbocycles. The van der Waals surface area contributed by atoms with Gasteiger partial charge >= 0.3 is 12.2 Å². The van der Waals surface area contributed by atoms with Gasteiger partial charge in [-0.3, -0.25) is 0 Å². The lowest BCUT2D eigenvalue weighted by atomic mass is 10.1. The number of anilines is 1. The van der Waals surface area contributed by atoms with Crippen molar-refractivity contribution in [2.45, 2.75) is 19.6 Å². The number of carbonyl (C=O) groups is 1. The third-order valence-corrected chi connectivity index (χ3v) is 3.43. The Morgan fingerprint density at radius 3 is 2.60 bits per heavy atom. The normalized spacial score (nSPS) is 11.1. The quantitative estimate of drug-likeness (QED) is 0.769. The van der Waals surface area contributed by atoms with E-state index in [4.69, 9.17) is 16.3 Å². The maximum atomic E-state index is 13.2. The Labute approximate surface area is 147 Å². The lowest BCUT2D eigenvalue weighted by molar-refractivity contribution is -0.137. The Bertz CT molecular complexity index is 751. The van der Waals surface area contributed by atoms with Gasteiger partial charge in [-0.2, -0.15) is 13.2 Å². The van der Waals surface area contributed by atoms with Gasteiger partial charge in [0.15, 0.2) is 0 Å². The van der Waals surface area contributed by atoms with Crippen LogP contribution in [0.5, 0.6) is 5.75 Å². The molecule has 0 aliphatic rings. The molecule has 0 unspecified atom stereocenters. The third-order valence-electron chi connectivity index (χ3n) is 3.20. The van der Waals surface area contributed by atoms with Crippen LogP contribution in [0.15, 0.2) is 42.5 Å². The molecule has 25 heavy (non-hydrogen) atoms. The summed E-state index contributed by atoms with van der Waals surface area (Å²) in [6.45, 7) is 2.04. The van der Waals surface area contributed by atoms with Gasteiger partial charge in [-0.1, -0.05) is 23.7 Å². The van der Waals surface area contributed by atoms with Crippen molar-refractivity contribution in [2.75, 3.05) is 11.9 Å². The summed E-state index contributed by atoms with van der Waals surface area (Å²) in [4.78, 5) is 11.9. The van der Waals surface area contributed by atoms with E-state index in [2.05, 4.69) is 10.6 Å². The van der Waals surface area contributed by atoms with E-state index in [9.17, 15) is 18.0 Å². The maximum absolute atomic E-state index is 13.2. The van der Waals surface area contributed by atoms with Crippen molar-refractivity contribution < 1.29 is 22.7 Å². The van der Waals surface area contributed by atoms with Gasteiger partial charge in [0.25, 0.3) is 0 Å². The molecule has 0 aliphatic heterocycles. The fourth-order valence-electron chi connectivity index (χ4n) is 2.12. The molecule has 0 bridgehead atoms. The number of hydrogen-bond donors (Lipinski definition) is 2. The van der Waals surface area contributed by atoms with E-state index in [1.165, 1.54) is 6.07 Å². The van der Waals surface area contributed by atoms with E-state index < -0.39 is 17.8 Å². The Morgan fingerprint density at radius 2 is 1.96 bits per heavy atom. The van der Waals surface area contributed by atoms with E-state index in [1.54, 1.807) is 31.2 Å². The number of rotatable bonds is 5. The average molecular weight is 373 g/mol. The Balaban J connectivity index is 2.09. The minimum absolute atomic E-state index is 0.0831. The largest absolute Gasteiger partial charge is 0.494 e. The van der Waals surface area contributed by atoms with Gasteiger partial charge in [-0.15, -0.1) is 0 Å². The van der Waals surface area contributed by atoms with Crippen molar-refractivity contribution in [1.29, 1.82) is 0 Å². The van der Waals surface area contributed by atoms with E-state index in [0.29, 0.717) is 5.02 Å². The van der Waals surface area contributed by atoms with Crippen molar-refractivity contribution in [1.82, 2.24) is 5.32 Å². The molecular formula is C17H16ClF3N2O2. The summed E-state index contributed by atoms with van der Waals surface area (Å²) in [6, 6.07) is 9.42. The fraction of sp³-hybridized carbons (Fsp3) is 0.235. The molecule has 2 aromatic rings. The van der Waals surface area contributed by atoms with Gasteiger partial charge in [0, 0.05) is 11.6 Å². The molecule has 2 rings (SSSR count). The average Bonchev–Trinajstić information content (AvgIpc) is 2.54. The summed E-state index contributed by atoms with van der Waals surface area (Å²) < 4.78 is 44.6. The van der Waals surface area contributed by atoms with Crippen LogP contribution in [0.4, 0.5) is 23.7 Å². The summed E-state index contributed by atoms with van der Waals surface area (Å²) in [5.74, 6) is 0.0831. The topological polar surface area (TPSA) is 50.4 Å². The van der Waals surface area contributed by atoms with Gasteiger partial charge < -0.3 is 15.4 Å². The highest BCUT2D eigenvalue weighted by Crippen LogP contribution is 2.37. The molecule has 8 heteroatoms. The number of benzene rings is 2. The number of alkyl halides is 3. The summed E-state index contributed by atoms with van der Waals surface area (Å²) in [6.07, 6.45) is -4.62. The first-order valence-electron chi connectivity index (χ1n) is 7.43. The molecule has 0 aromatic heterocycles. The standard InChI is InChI=1S/C17H16ClF3N2O2/c1-2-25-13-6-7-15(14(9-13)17(19,20)21)23-16(24)22-10-11-4-3-5-12(18)8-11/h3-9H,2,10H2,1H3,(H2,22,23,24). The molecule has 2 amide bonds. The van der Waals surface area contributed by atoms with Crippen LogP contribution < -0.4 is 15.4 Å². The fourth-order valence-corrected chi connectivity index (χ4v) is 2.33. The zero-order chi connectivity index (χ0) is 18.4. The molecule has 0 saturated carbocycles. The molecular weight excluding hydrogens is 357 g/mol. The number of ether oxygens (including phenoxy) is 1. The Morgan fingerprint density at radius 1 is 1.20 bits per heavy atom. The van der Waals surface area contributed by atoms with Crippen molar-refractivity contribution >= 4 is 23.3 Å². The van der Waals surface area contributed by atoms with E-state index in [1.807, 2.05) is 0 Å². The predicted molar refractivity (Wildman–Crippen MR) is 89.9 cm³/mol. The molecule has 0 heterocycles. The van der Waals surface area contributed by atoms with Crippen LogP contribution in [-0.4, -0.2) is 12.6 Å². The molecule has 4 nitrogen and oxygen atoms in total. The molecule has 0 spiro atoms. The zero-order valence-corrected chi connectivity index (χ0v) is 14.0. The second kappa shape index (κ2) is 8.11. The van der Waals surface area contributed by atoms with E-state index >= 15 is 0 Å². The van der Waals surface area contributed by atoms with Crippen LogP contribution in [0.25, 0.3) is 0 Å². The second-order valence-corrected chi connectivity index (χ2v) is 5.51. The van der Waals surface area contributed by atoms with Crippen LogP contribution in [-0.2, 0) is 12.7 Å². The van der Waals surface area contributed by atoms with Gasteiger partial charge in [0.05, 0.1) is 17.9 Å². The number of carbonyl (C=O) groups excluding carboxylic acids is 1. The Hall–Kier alpha value is -2.41. The van der Waals surface area contributed by atoms with Crippen molar-refractivity contribution in [3.63, 3.8) is 0 Å². The predicted octanol–water partition coefficient (Wildman–Crippen LogP) is 5.08. The smallest absolute Gasteiger partial charge is 0.418 e. The second-order valence-electron chi connectivity index (χ2n) is 5.08. The first kappa shape index (κ1) is 18.9. The molecule has 0 fully saturated rings. The molecule has 134 valence electrons. The van der Waals surface area contributed by atoms with Crippen LogP contribution in [0.1, 0.15) is 18.1 Å². The number of nitrogens with one attached hydrogen (secondary N) is 2. The molecule has 0 atom stereocenters. The van der Waals surface area contributed by atoms with Gasteiger partial charge in [-0.05, 0) is 42.8 Å². The van der Waals surface area contributed by atoms with Crippen molar-refractivity contribution in [2.24, 2.45) is 0 Å². The number of amides is 2. The number of urea groups is 1. The van der Waals surface area contributed by atoms with Crippen LogP contribution >= 0.6 is 11.6 Å². The molecule has 0 aliphatic carbocycles. The summed E-state index contributed by atoms with van der Waals surface area (Å²) >= 11 is 5.84. The highest BCUT2D eigenvalue weighted by atomic mass is 35.5. The first-order valence-corrected chi connectivity index (χ1v) is 7.80. The SMILES string of the molecule is CCOc1ccc(NC(=O)NCc2cccc(Cl)c2)c(C(F)(F)F)c1. The lowest BCUT2D eigenvalue weighted by Crippen LogP contribution is -2.29. The van der Waals surface area contributed by atoms with Crippen LogP contribution in [0.2, 0.25) is 5.02 Å². The first-order chi connectivity index (χ1) is 11.8. The molecule has 2 N–H and O–H groups in total. The summed E-state index contributed by atoms with van der Waals surface area (Å²) in [5, 5.41) is 5.20. The van der Waals surface area contributed by atoms with Crippen molar-refractivity contribution in [3.8, 4) is 5.75 Å². The molecule has 0 saturated heterocycles. The summed E-state index contributed by atoms with van der Waals surface area (Å²) in [5.41, 5.74) is -0.596. The third kappa shape index (κ3) is 5.56. The highest BCUT2D eigenvalue weighted by molar-refractivity contribution is 6.30. The minimum Gasteiger partial charge on any atom is -0.494 e. The van der Waals surface area contributed by atoms with Crippen LogP contribution in [0, 0.1) is 0 Å². The Kier molecular flexibility index (Phi) is 6.14. The van der Waals surface area contributed by atoms with Crippen LogP contribution in [0.3, 0.4) is 0 Å². The number of halogens is 4. The van der Waals surface area contributed by atoms with Gasteiger partial charge in [0.1, 0.15) is 5.75 Å². The summed E-state index contributed by atoms with van der Waals surface area (Å²) in [7, 11) is 0. The highest BCUT2D eigenvalue weighted by Gasteiger charge is 2.34. The lowest BCUT2D eigenvalue weighted by Gasteiger charge is -2.16. The monoisotopic (exact) mass is 372 g/mol. The van der Waals surface area contributed by atoms with E-state index in [0.717, 1.165) is 17.7 Å². The van der Waals surface area contributed by atoms with Gasteiger partial charge in [-0.25, -0.2) is 4.79 Å². The molecule has 0 radical (unpaired) electrons. The number of hydrogen-bond acceptors (Lipinski definition) is 2.